The topological polar surface area (TPSA) is 72.2 Å². The number of carbonyl (C=O) groups excluding carboxylic acids is 2. The molecule has 0 saturated carbocycles. The predicted octanol–water partition coefficient (Wildman–Crippen LogP) is 1.46. The van der Waals surface area contributed by atoms with Crippen molar-refractivity contribution in [2.24, 2.45) is 23.5 Å². The number of primary amides is 1. The monoisotopic (exact) mass is 240 g/mol. The smallest absolute Gasteiger partial charge is 0.224 e. The van der Waals surface area contributed by atoms with E-state index < -0.39 is 11.8 Å². The molecule has 0 bridgehead atoms. The highest BCUT2D eigenvalue weighted by Crippen LogP contribution is 2.25. The predicted molar refractivity (Wildman–Crippen MR) is 69.1 cm³/mol. The molecule has 2 atom stereocenters. The first kappa shape index (κ1) is 15.7. The quantitative estimate of drug-likeness (QED) is 0.630. The SMILES string of the molecule is C=CCC[C@H](C(N)=O)C(C(=O)NCC)C(C)C. The summed E-state index contributed by atoms with van der Waals surface area (Å²) in [6.45, 7) is 9.92. The second-order valence-corrected chi connectivity index (χ2v) is 4.54. The molecule has 3 N–H and O–H groups in total. The number of hydrogen-bond donors (Lipinski definition) is 2. The number of hydrogen-bond acceptors (Lipinski definition) is 2. The van der Waals surface area contributed by atoms with Crippen LogP contribution in [0.4, 0.5) is 0 Å². The lowest BCUT2D eigenvalue weighted by Gasteiger charge is -2.26. The fraction of sp³-hybridized carbons (Fsp3) is 0.692. The van der Waals surface area contributed by atoms with Crippen LogP contribution in [0.5, 0.6) is 0 Å². The highest BCUT2D eigenvalue weighted by molar-refractivity contribution is 5.87. The summed E-state index contributed by atoms with van der Waals surface area (Å²) in [6, 6.07) is 0. The lowest BCUT2D eigenvalue weighted by molar-refractivity contribution is -0.135. The minimum Gasteiger partial charge on any atom is -0.369 e. The molecule has 0 saturated heterocycles. The van der Waals surface area contributed by atoms with Gasteiger partial charge in [0.05, 0.1) is 5.92 Å². The van der Waals surface area contributed by atoms with Crippen molar-refractivity contribution in [2.75, 3.05) is 6.54 Å². The van der Waals surface area contributed by atoms with E-state index in [1.807, 2.05) is 20.8 Å². The van der Waals surface area contributed by atoms with Crippen LogP contribution in [0.3, 0.4) is 0 Å². The van der Waals surface area contributed by atoms with Gasteiger partial charge in [-0.25, -0.2) is 0 Å². The Labute approximate surface area is 104 Å². The van der Waals surface area contributed by atoms with Crippen LogP contribution in [-0.2, 0) is 9.59 Å². The molecule has 17 heavy (non-hydrogen) atoms. The van der Waals surface area contributed by atoms with Gasteiger partial charge in [-0.2, -0.15) is 0 Å². The number of nitrogens with two attached hydrogens (primary N) is 1. The number of amides is 2. The van der Waals surface area contributed by atoms with Crippen molar-refractivity contribution in [3.8, 4) is 0 Å². The van der Waals surface area contributed by atoms with Gasteiger partial charge in [0, 0.05) is 12.5 Å². The molecule has 0 rings (SSSR count). The van der Waals surface area contributed by atoms with Crippen molar-refractivity contribution in [3.63, 3.8) is 0 Å². The van der Waals surface area contributed by atoms with Gasteiger partial charge in [-0.3, -0.25) is 9.59 Å². The van der Waals surface area contributed by atoms with E-state index in [1.54, 1.807) is 6.08 Å². The third kappa shape index (κ3) is 5.02. The van der Waals surface area contributed by atoms with Crippen molar-refractivity contribution in [3.05, 3.63) is 12.7 Å². The number of nitrogens with one attached hydrogen (secondary N) is 1. The van der Waals surface area contributed by atoms with Crippen LogP contribution >= 0.6 is 0 Å². The van der Waals surface area contributed by atoms with Crippen LogP contribution in [0.15, 0.2) is 12.7 Å². The van der Waals surface area contributed by atoms with E-state index in [2.05, 4.69) is 11.9 Å². The zero-order valence-electron chi connectivity index (χ0n) is 11.0. The van der Waals surface area contributed by atoms with Crippen molar-refractivity contribution in [1.29, 1.82) is 0 Å². The van der Waals surface area contributed by atoms with Gasteiger partial charge in [0.25, 0.3) is 0 Å². The summed E-state index contributed by atoms with van der Waals surface area (Å²) in [4.78, 5) is 23.4. The maximum atomic E-state index is 11.9. The maximum Gasteiger partial charge on any atom is 0.224 e. The molecule has 0 fully saturated rings. The Bertz CT molecular complexity index is 275. The summed E-state index contributed by atoms with van der Waals surface area (Å²) in [5.41, 5.74) is 5.40. The summed E-state index contributed by atoms with van der Waals surface area (Å²) in [6.07, 6.45) is 3.01. The molecule has 1 unspecified atom stereocenters. The highest BCUT2D eigenvalue weighted by Gasteiger charge is 2.33. The molecule has 98 valence electrons. The lowest BCUT2D eigenvalue weighted by atomic mass is 9.79. The highest BCUT2D eigenvalue weighted by atomic mass is 16.2. The molecule has 0 radical (unpaired) electrons. The molecule has 0 aliphatic carbocycles. The molecule has 4 nitrogen and oxygen atoms in total. The van der Waals surface area contributed by atoms with Gasteiger partial charge in [0.2, 0.25) is 11.8 Å². The van der Waals surface area contributed by atoms with Gasteiger partial charge in [0.1, 0.15) is 0 Å². The van der Waals surface area contributed by atoms with Crippen molar-refractivity contribution < 1.29 is 9.59 Å². The Morgan fingerprint density at radius 3 is 2.35 bits per heavy atom. The van der Waals surface area contributed by atoms with Gasteiger partial charge in [-0.1, -0.05) is 19.9 Å². The summed E-state index contributed by atoms with van der Waals surface area (Å²) >= 11 is 0. The Hall–Kier alpha value is -1.32. The fourth-order valence-corrected chi connectivity index (χ4v) is 2.04. The minimum absolute atomic E-state index is 0.0869. The van der Waals surface area contributed by atoms with Crippen LogP contribution in [0.2, 0.25) is 0 Å². The second-order valence-electron chi connectivity index (χ2n) is 4.54. The van der Waals surface area contributed by atoms with Crippen molar-refractivity contribution in [1.82, 2.24) is 5.32 Å². The van der Waals surface area contributed by atoms with Gasteiger partial charge < -0.3 is 11.1 Å². The summed E-state index contributed by atoms with van der Waals surface area (Å²) in [7, 11) is 0. The van der Waals surface area contributed by atoms with Crippen LogP contribution in [-0.4, -0.2) is 18.4 Å². The Balaban J connectivity index is 4.88. The fourth-order valence-electron chi connectivity index (χ4n) is 2.04. The first-order valence-corrected chi connectivity index (χ1v) is 6.13. The zero-order valence-corrected chi connectivity index (χ0v) is 11.0. The van der Waals surface area contributed by atoms with E-state index in [1.165, 1.54) is 0 Å². The molecular formula is C13H24N2O2. The van der Waals surface area contributed by atoms with Gasteiger partial charge in [0.15, 0.2) is 0 Å². The maximum absolute atomic E-state index is 11.9. The molecule has 2 amide bonds. The van der Waals surface area contributed by atoms with Crippen LogP contribution in [0.1, 0.15) is 33.6 Å². The van der Waals surface area contributed by atoms with E-state index >= 15 is 0 Å². The molecule has 0 spiro atoms. The number of allylic oxidation sites excluding steroid dienone is 1. The van der Waals surface area contributed by atoms with E-state index in [4.69, 9.17) is 5.73 Å². The number of carbonyl (C=O) groups is 2. The summed E-state index contributed by atoms with van der Waals surface area (Å²) in [5, 5.41) is 2.77. The number of rotatable bonds is 8. The molecule has 4 heteroatoms. The third-order valence-corrected chi connectivity index (χ3v) is 2.85. The van der Waals surface area contributed by atoms with Crippen LogP contribution < -0.4 is 11.1 Å². The average molecular weight is 240 g/mol. The molecular weight excluding hydrogens is 216 g/mol. The Morgan fingerprint density at radius 1 is 1.41 bits per heavy atom. The van der Waals surface area contributed by atoms with E-state index in [0.717, 1.165) is 0 Å². The molecule has 0 aromatic carbocycles. The Morgan fingerprint density at radius 2 is 2.00 bits per heavy atom. The van der Waals surface area contributed by atoms with Crippen LogP contribution in [0.25, 0.3) is 0 Å². The standard InChI is InChI=1S/C13H24N2O2/c1-5-7-8-10(12(14)16)11(9(3)4)13(17)15-6-2/h5,9-11H,1,6-8H2,2-4H3,(H2,14,16)(H,15,17)/t10-,11?/m0/s1. The van der Waals surface area contributed by atoms with Gasteiger partial charge in [-0.05, 0) is 25.7 Å². The first-order chi connectivity index (χ1) is 7.95. The summed E-state index contributed by atoms with van der Waals surface area (Å²) < 4.78 is 0. The first-order valence-electron chi connectivity index (χ1n) is 6.13. The van der Waals surface area contributed by atoms with Gasteiger partial charge >= 0.3 is 0 Å². The zero-order chi connectivity index (χ0) is 13.4. The van der Waals surface area contributed by atoms with E-state index in [0.29, 0.717) is 19.4 Å². The van der Waals surface area contributed by atoms with Gasteiger partial charge in [-0.15, -0.1) is 6.58 Å². The van der Waals surface area contributed by atoms with Crippen molar-refractivity contribution in [2.45, 2.75) is 33.6 Å². The third-order valence-electron chi connectivity index (χ3n) is 2.85. The average Bonchev–Trinajstić information content (AvgIpc) is 2.23. The summed E-state index contributed by atoms with van der Waals surface area (Å²) in [5.74, 6) is -1.18. The molecule has 0 aromatic rings. The Kier molecular flexibility index (Phi) is 7.26. The normalized spacial score (nSPS) is 14.1. The van der Waals surface area contributed by atoms with E-state index in [-0.39, 0.29) is 17.7 Å². The van der Waals surface area contributed by atoms with Crippen LogP contribution in [0, 0.1) is 17.8 Å². The van der Waals surface area contributed by atoms with E-state index in [9.17, 15) is 9.59 Å². The molecule has 0 heterocycles. The molecule has 0 aliphatic heterocycles. The largest absolute Gasteiger partial charge is 0.369 e. The molecule has 0 aliphatic rings. The second kappa shape index (κ2) is 7.87. The minimum atomic E-state index is -0.417. The molecule has 0 aromatic heterocycles. The van der Waals surface area contributed by atoms with Crippen molar-refractivity contribution >= 4 is 11.8 Å². The lowest BCUT2D eigenvalue weighted by Crippen LogP contribution is -2.42.